The lowest BCUT2D eigenvalue weighted by Crippen LogP contribution is -2.52. The summed E-state index contributed by atoms with van der Waals surface area (Å²) in [6, 6.07) is 0. The molecular formula is C15H26N4O2. The highest BCUT2D eigenvalue weighted by Gasteiger charge is 2.36. The Morgan fingerprint density at radius 1 is 1.33 bits per heavy atom. The number of aliphatic hydroxyl groups is 1. The van der Waals surface area contributed by atoms with Gasteiger partial charge < -0.3 is 14.6 Å². The Kier molecular flexibility index (Phi) is 4.88. The first-order chi connectivity index (χ1) is 10.0. The maximum Gasteiger partial charge on any atom is 0.277 e. The molecule has 1 aromatic rings. The fraction of sp³-hybridized carbons (Fsp3) is 0.733. The van der Waals surface area contributed by atoms with Crippen molar-refractivity contribution >= 4 is 11.7 Å². The molecule has 118 valence electrons. The van der Waals surface area contributed by atoms with Gasteiger partial charge in [0.2, 0.25) is 6.35 Å². The van der Waals surface area contributed by atoms with Crippen LogP contribution in [0, 0.1) is 5.92 Å². The summed E-state index contributed by atoms with van der Waals surface area (Å²) in [5.41, 5.74) is 0.584. The highest BCUT2D eigenvalue weighted by molar-refractivity contribution is 5.99. The first-order valence-electron chi connectivity index (χ1n) is 7.74. The summed E-state index contributed by atoms with van der Waals surface area (Å²) in [4.78, 5) is 19.7. The molecule has 1 N–H and O–H groups in total. The van der Waals surface area contributed by atoms with E-state index in [9.17, 15) is 9.90 Å². The molecular weight excluding hydrogens is 268 g/mol. The molecule has 1 aliphatic rings. The van der Waals surface area contributed by atoms with Crippen LogP contribution in [0.1, 0.15) is 50.0 Å². The fourth-order valence-electron chi connectivity index (χ4n) is 2.82. The zero-order valence-corrected chi connectivity index (χ0v) is 13.4. The number of imidazole rings is 1. The second kappa shape index (κ2) is 6.47. The van der Waals surface area contributed by atoms with Gasteiger partial charge in [0, 0.05) is 20.6 Å². The third kappa shape index (κ3) is 2.90. The molecule has 1 aromatic heterocycles. The Labute approximate surface area is 126 Å². The zero-order valence-electron chi connectivity index (χ0n) is 13.4. The molecule has 6 heteroatoms. The number of anilines is 1. The summed E-state index contributed by atoms with van der Waals surface area (Å²) in [5.74, 6) is 0.952. The van der Waals surface area contributed by atoms with Gasteiger partial charge >= 0.3 is 0 Å². The molecule has 2 rings (SSSR count). The number of hydrogen-bond acceptors (Lipinski definition) is 4. The SMILES string of the molecule is CCCCC(CC)Cn1cnc2c1C(=O)N(C)C(O)N2C. The van der Waals surface area contributed by atoms with Crippen molar-refractivity contribution in [3.8, 4) is 0 Å². The van der Waals surface area contributed by atoms with Gasteiger partial charge in [0.05, 0.1) is 6.33 Å². The quantitative estimate of drug-likeness (QED) is 0.870. The number of unbranched alkanes of at least 4 members (excludes halogenated alkanes) is 1. The normalized spacial score (nSPS) is 19.9. The molecule has 2 atom stereocenters. The molecule has 21 heavy (non-hydrogen) atoms. The number of fused-ring (bicyclic) bond motifs is 1. The molecule has 2 unspecified atom stereocenters. The van der Waals surface area contributed by atoms with Crippen LogP contribution in [0.3, 0.4) is 0 Å². The van der Waals surface area contributed by atoms with E-state index in [0.717, 1.165) is 13.0 Å². The fourth-order valence-corrected chi connectivity index (χ4v) is 2.82. The largest absolute Gasteiger partial charge is 0.356 e. The Morgan fingerprint density at radius 2 is 2.05 bits per heavy atom. The molecule has 6 nitrogen and oxygen atoms in total. The van der Waals surface area contributed by atoms with E-state index in [1.54, 1.807) is 25.3 Å². The van der Waals surface area contributed by atoms with Crippen LogP contribution in [0.15, 0.2) is 6.33 Å². The summed E-state index contributed by atoms with van der Waals surface area (Å²) in [5, 5.41) is 10.00. The van der Waals surface area contributed by atoms with Gasteiger partial charge in [0.1, 0.15) is 0 Å². The monoisotopic (exact) mass is 294 g/mol. The van der Waals surface area contributed by atoms with Crippen LogP contribution < -0.4 is 4.90 Å². The standard InChI is InChI=1S/C15H26N4O2/c1-5-7-8-11(6-2)9-19-10-16-13-12(19)14(20)18(4)15(21)17(13)3/h10-11,15,21H,5-9H2,1-4H3. The van der Waals surface area contributed by atoms with Crippen LogP contribution in [0.5, 0.6) is 0 Å². The average molecular weight is 294 g/mol. The van der Waals surface area contributed by atoms with E-state index in [-0.39, 0.29) is 5.91 Å². The number of hydrogen-bond donors (Lipinski definition) is 1. The number of carbonyl (C=O) groups excluding carboxylic acids is 1. The first-order valence-corrected chi connectivity index (χ1v) is 7.74. The topological polar surface area (TPSA) is 61.6 Å². The highest BCUT2D eigenvalue weighted by atomic mass is 16.3. The summed E-state index contributed by atoms with van der Waals surface area (Å²) in [6.45, 7) is 5.19. The van der Waals surface area contributed by atoms with E-state index in [1.165, 1.54) is 24.2 Å². The van der Waals surface area contributed by atoms with Gasteiger partial charge in [-0.2, -0.15) is 0 Å². The van der Waals surface area contributed by atoms with Crippen LogP contribution in [0.25, 0.3) is 0 Å². The Hall–Kier alpha value is -1.56. The van der Waals surface area contributed by atoms with E-state index < -0.39 is 6.35 Å². The maximum absolute atomic E-state index is 12.4. The van der Waals surface area contributed by atoms with Crippen LogP contribution in [0.4, 0.5) is 5.82 Å². The van der Waals surface area contributed by atoms with E-state index in [4.69, 9.17) is 0 Å². The average Bonchev–Trinajstić information content (AvgIpc) is 2.90. The van der Waals surface area contributed by atoms with Crippen molar-refractivity contribution in [3.63, 3.8) is 0 Å². The molecule has 0 aliphatic carbocycles. The van der Waals surface area contributed by atoms with Crippen molar-refractivity contribution in [2.24, 2.45) is 5.92 Å². The zero-order chi connectivity index (χ0) is 15.6. The predicted molar refractivity (Wildman–Crippen MR) is 82.0 cm³/mol. The smallest absolute Gasteiger partial charge is 0.277 e. The number of aliphatic hydroxyl groups excluding tert-OH is 1. The minimum absolute atomic E-state index is 0.168. The lowest BCUT2D eigenvalue weighted by molar-refractivity contribution is 0.0151. The van der Waals surface area contributed by atoms with Crippen LogP contribution in [-0.4, -0.2) is 45.9 Å². The van der Waals surface area contributed by atoms with Crippen molar-refractivity contribution in [1.82, 2.24) is 14.5 Å². The molecule has 1 amide bonds. The summed E-state index contributed by atoms with van der Waals surface area (Å²) in [6.07, 6.45) is 5.43. The number of amides is 1. The Bertz CT molecular complexity index is 500. The van der Waals surface area contributed by atoms with Crippen LogP contribution in [-0.2, 0) is 6.54 Å². The second-order valence-corrected chi connectivity index (χ2v) is 5.86. The predicted octanol–water partition coefficient (Wildman–Crippen LogP) is 1.90. The summed E-state index contributed by atoms with van der Waals surface area (Å²) in [7, 11) is 3.36. The molecule has 0 aromatic carbocycles. The van der Waals surface area contributed by atoms with Gasteiger partial charge in [0.15, 0.2) is 11.5 Å². The van der Waals surface area contributed by atoms with Crippen molar-refractivity contribution in [2.45, 2.75) is 52.4 Å². The second-order valence-electron chi connectivity index (χ2n) is 5.86. The number of nitrogens with zero attached hydrogens (tertiary/aromatic N) is 4. The Morgan fingerprint density at radius 3 is 2.67 bits per heavy atom. The van der Waals surface area contributed by atoms with Gasteiger partial charge in [-0.05, 0) is 12.3 Å². The molecule has 0 saturated carbocycles. The van der Waals surface area contributed by atoms with Gasteiger partial charge in [-0.1, -0.05) is 33.1 Å². The highest BCUT2D eigenvalue weighted by Crippen LogP contribution is 2.28. The summed E-state index contributed by atoms with van der Waals surface area (Å²) < 4.78 is 1.94. The molecule has 0 bridgehead atoms. The molecule has 0 fully saturated rings. The van der Waals surface area contributed by atoms with E-state index >= 15 is 0 Å². The minimum Gasteiger partial charge on any atom is -0.356 e. The third-order valence-corrected chi connectivity index (χ3v) is 4.37. The van der Waals surface area contributed by atoms with Crippen LogP contribution >= 0.6 is 0 Å². The molecule has 1 aliphatic heterocycles. The lowest BCUT2D eigenvalue weighted by Gasteiger charge is -2.36. The molecule has 0 saturated heterocycles. The minimum atomic E-state index is -0.949. The number of carbonyl (C=O) groups is 1. The van der Waals surface area contributed by atoms with Gasteiger partial charge in [-0.15, -0.1) is 0 Å². The van der Waals surface area contributed by atoms with Crippen molar-refractivity contribution in [2.75, 3.05) is 19.0 Å². The lowest BCUT2D eigenvalue weighted by atomic mass is 9.99. The van der Waals surface area contributed by atoms with E-state index in [1.807, 2.05) is 4.57 Å². The van der Waals surface area contributed by atoms with Crippen LogP contribution in [0.2, 0.25) is 0 Å². The summed E-state index contributed by atoms with van der Waals surface area (Å²) >= 11 is 0. The number of rotatable bonds is 6. The van der Waals surface area contributed by atoms with E-state index in [0.29, 0.717) is 17.4 Å². The van der Waals surface area contributed by atoms with Gasteiger partial charge in [-0.25, -0.2) is 4.98 Å². The van der Waals surface area contributed by atoms with Gasteiger partial charge in [-0.3, -0.25) is 9.69 Å². The molecule has 0 spiro atoms. The first kappa shape index (κ1) is 15.8. The van der Waals surface area contributed by atoms with Crippen molar-refractivity contribution in [1.29, 1.82) is 0 Å². The van der Waals surface area contributed by atoms with Crippen molar-refractivity contribution < 1.29 is 9.90 Å². The number of aromatic nitrogens is 2. The van der Waals surface area contributed by atoms with Gasteiger partial charge in [0.25, 0.3) is 5.91 Å². The maximum atomic E-state index is 12.4. The van der Waals surface area contributed by atoms with Crippen molar-refractivity contribution in [3.05, 3.63) is 12.0 Å². The Balaban J connectivity index is 2.24. The molecule has 0 radical (unpaired) electrons. The van der Waals surface area contributed by atoms with E-state index in [2.05, 4.69) is 18.8 Å². The third-order valence-electron chi connectivity index (χ3n) is 4.37. The molecule has 2 heterocycles.